The number of methoxy groups -OCH3 is 1. The first-order chi connectivity index (χ1) is 18.6. The number of likely N-dealkylation sites (tertiary alicyclic amines) is 1. The van der Waals surface area contributed by atoms with Crippen molar-refractivity contribution in [3.8, 4) is 17.2 Å². The highest BCUT2D eigenvalue weighted by atomic mass is 16.5. The van der Waals surface area contributed by atoms with E-state index in [0.717, 1.165) is 55.2 Å². The van der Waals surface area contributed by atoms with E-state index in [-0.39, 0.29) is 6.04 Å². The Bertz CT molecular complexity index is 1350. The van der Waals surface area contributed by atoms with E-state index in [0.29, 0.717) is 35.9 Å². The number of hydrogen-bond donors (Lipinski definition) is 1. The fourth-order valence-corrected chi connectivity index (χ4v) is 4.71. The smallest absolute Gasteiger partial charge is 0.337 e. The van der Waals surface area contributed by atoms with E-state index in [1.54, 1.807) is 29.2 Å². The Labute approximate surface area is 220 Å². The number of ether oxygens (including phenoxy) is 3. The van der Waals surface area contributed by atoms with Gasteiger partial charge in [-0.2, -0.15) is 10.1 Å². The molecule has 3 heterocycles. The number of carbonyl (C=O) groups excluding carboxylic acids is 1. The van der Waals surface area contributed by atoms with Gasteiger partial charge in [0.25, 0.3) is 6.01 Å². The first-order valence-corrected chi connectivity index (χ1v) is 12.8. The number of oxazole rings is 1. The zero-order valence-corrected chi connectivity index (χ0v) is 21.8. The Hall–Kier alpha value is -4.12. The van der Waals surface area contributed by atoms with Crippen molar-refractivity contribution in [2.24, 2.45) is 0 Å². The largest absolute Gasteiger partial charge is 0.491 e. The van der Waals surface area contributed by atoms with Gasteiger partial charge in [0.15, 0.2) is 11.3 Å². The lowest BCUT2D eigenvalue weighted by molar-refractivity contribution is 0.0601. The summed E-state index contributed by atoms with van der Waals surface area (Å²) in [4.78, 5) is 22.8. The maximum absolute atomic E-state index is 11.8. The van der Waals surface area contributed by atoms with Crippen LogP contribution in [0, 0.1) is 0 Å². The number of nitrogens with one attached hydrogen (secondary N) is 1. The van der Waals surface area contributed by atoms with Gasteiger partial charge in [-0.1, -0.05) is 0 Å². The molecule has 1 aliphatic heterocycles. The van der Waals surface area contributed by atoms with Gasteiger partial charge in [0.1, 0.15) is 29.7 Å². The second-order valence-corrected chi connectivity index (χ2v) is 9.03. The molecule has 1 N–H and O–H groups in total. The molecule has 0 atom stereocenters. The average molecular weight is 521 g/mol. The molecule has 5 rings (SSSR count). The fourth-order valence-electron chi connectivity index (χ4n) is 4.71. The first-order valence-electron chi connectivity index (χ1n) is 12.8. The van der Waals surface area contributed by atoms with E-state index >= 15 is 0 Å². The third-order valence-electron chi connectivity index (χ3n) is 6.48. The molecule has 11 heteroatoms. The SMILES string of the molecule is CCOc1cc(CN2CCC(Nc3nc4cc(C(=O)OC)ccc4o3)CC2)cc(OCC)c1-n1cncn1. The van der Waals surface area contributed by atoms with Gasteiger partial charge in [0, 0.05) is 25.7 Å². The summed E-state index contributed by atoms with van der Waals surface area (Å²) in [5, 5.41) is 7.70. The van der Waals surface area contributed by atoms with E-state index < -0.39 is 5.97 Å². The Balaban J connectivity index is 1.24. The van der Waals surface area contributed by atoms with Crippen molar-refractivity contribution in [1.82, 2.24) is 24.6 Å². The van der Waals surface area contributed by atoms with Gasteiger partial charge in [-0.3, -0.25) is 4.90 Å². The molecule has 0 radical (unpaired) electrons. The molecule has 11 nitrogen and oxygen atoms in total. The molecule has 0 amide bonds. The molecule has 0 unspecified atom stereocenters. The Morgan fingerprint density at radius 1 is 1.11 bits per heavy atom. The Morgan fingerprint density at radius 3 is 2.47 bits per heavy atom. The summed E-state index contributed by atoms with van der Waals surface area (Å²) in [6, 6.07) is 9.93. The van der Waals surface area contributed by atoms with Crippen molar-refractivity contribution in [1.29, 1.82) is 0 Å². The average Bonchev–Trinajstić information content (AvgIpc) is 3.59. The van der Waals surface area contributed by atoms with Crippen LogP contribution in [0.15, 0.2) is 47.4 Å². The minimum absolute atomic E-state index is 0.243. The van der Waals surface area contributed by atoms with Gasteiger partial charge in [-0.05, 0) is 62.6 Å². The van der Waals surface area contributed by atoms with Crippen molar-refractivity contribution in [3.05, 3.63) is 54.1 Å². The van der Waals surface area contributed by atoms with Crippen LogP contribution in [0.5, 0.6) is 11.5 Å². The van der Waals surface area contributed by atoms with E-state index in [4.69, 9.17) is 18.6 Å². The molecule has 2 aromatic carbocycles. The Morgan fingerprint density at radius 2 is 1.84 bits per heavy atom. The molecular weight excluding hydrogens is 488 g/mol. The summed E-state index contributed by atoms with van der Waals surface area (Å²) >= 11 is 0. The number of piperidine rings is 1. The fraction of sp³-hybridized carbons (Fsp3) is 0.407. The van der Waals surface area contributed by atoms with Gasteiger partial charge in [-0.15, -0.1) is 0 Å². The number of aromatic nitrogens is 4. The summed E-state index contributed by atoms with van der Waals surface area (Å²) in [7, 11) is 1.36. The normalized spacial score (nSPS) is 14.5. The molecule has 0 aliphatic carbocycles. The van der Waals surface area contributed by atoms with E-state index in [2.05, 4.69) is 37.4 Å². The van der Waals surface area contributed by atoms with Crippen LogP contribution in [0.2, 0.25) is 0 Å². The third kappa shape index (κ3) is 5.57. The maximum Gasteiger partial charge on any atom is 0.337 e. The van der Waals surface area contributed by atoms with E-state index in [9.17, 15) is 4.79 Å². The standard InChI is InChI=1S/C27H32N6O5/c1-4-36-23-12-18(13-24(37-5-2)25(23)33-17-28-16-29-33)15-32-10-8-20(9-11-32)30-27-31-21-14-19(26(34)35-3)6-7-22(21)38-27/h6-7,12-14,16-17,20H,4-5,8-11,15H2,1-3H3,(H,30,31). The predicted molar refractivity (Wildman–Crippen MR) is 141 cm³/mol. The van der Waals surface area contributed by atoms with Crippen LogP contribution < -0.4 is 14.8 Å². The molecule has 1 fully saturated rings. The zero-order valence-electron chi connectivity index (χ0n) is 21.8. The monoisotopic (exact) mass is 520 g/mol. The lowest BCUT2D eigenvalue weighted by atomic mass is 10.0. The quantitative estimate of drug-likeness (QED) is 0.307. The highest BCUT2D eigenvalue weighted by Gasteiger charge is 2.23. The number of hydrogen-bond acceptors (Lipinski definition) is 10. The molecule has 1 aliphatic rings. The lowest BCUT2D eigenvalue weighted by Gasteiger charge is -2.32. The molecular formula is C27H32N6O5. The van der Waals surface area contributed by atoms with Crippen LogP contribution in [0.25, 0.3) is 16.8 Å². The van der Waals surface area contributed by atoms with Gasteiger partial charge in [-0.25, -0.2) is 14.5 Å². The molecule has 0 saturated carbocycles. The summed E-state index contributed by atoms with van der Waals surface area (Å²) in [5.74, 6) is 1.05. The van der Waals surface area contributed by atoms with Gasteiger partial charge < -0.3 is 23.9 Å². The summed E-state index contributed by atoms with van der Waals surface area (Å²) < 4.78 is 24.3. The zero-order chi connectivity index (χ0) is 26.5. The minimum Gasteiger partial charge on any atom is -0.491 e. The maximum atomic E-state index is 11.8. The third-order valence-corrected chi connectivity index (χ3v) is 6.48. The summed E-state index contributed by atoms with van der Waals surface area (Å²) in [6.45, 7) is 7.62. The van der Waals surface area contributed by atoms with Crippen LogP contribution in [0.4, 0.5) is 6.01 Å². The van der Waals surface area contributed by atoms with Gasteiger partial charge in [0.05, 0.1) is 25.9 Å². The molecule has 200 valence electrons. The number of anilines is 1. The Kier molecular flexibility index (Phi) is 7.73. The lowest BCUT2D eigenvalue weighted by Crippen LogP contribution is -2.38. The molecule has 4 aromatic rings. The molecule has 2 aromatic heterocycles. The highest BCUT2D eigenvalue weighted by Crippen LogP contribution is 2.35. The van der Waals surface area contributed by atoms with E-state index in [1.165, 1.54) is 13.4 Å². The number of nitrogens with zero attached hydrogens (tertiary/aromatic N) is 5. The molecule has 38 heavy (non-hydrogen) atoms. The van der Waals surface area contributed by atoms with Crippen molar-refractivity contribution >= 4 is 23.1 Å². The van der Waals surface area contributed by atoms with Crippen molar-refractivity contribution in [3.63, 3.8) is 0 Å². The number of benzene rings is 2. The van der Waals surface area contributed by atoms with E-state index in [1.807, 2.05) is 13.8 Å². The first kappa shape index (κ1) is 25.5. The number of esters is 1. The van der Waals surface area contributed by atoms with Crippen molar-refractivity contribution < 1.29 is 23.4 Å². The topological polar surface area (TPSA) is 117 Å². The van der Waals surface area contributed by atoms with Crippen LogP contribution in [-0.4, -0.2) is 70.1 Å². The van der Waals surface area contributed by atoms with Crippen LogP contribution in [0.3, 0.4) is 0 Å². The molecule has 0 spiro atoms. The number of carbonyl (C=O) groups is 1. The van der Waals surface area contributed by atoms with Crippen molar-refractivity contribution in [2.45, 2.75) is 39.3 Å². The van der Waals surface area contributed by atoms with Crippen LogP contribution >= 0.6 is 0 Å². The number of fused-ring (bicyclic) bond motifs is 1. The van der Waals surface area contributed by atoms with Gasteiger partial charge in [0.2, 0.25) is 0 Å². The predicted octanol–water partition coefficient (Wildman–Crippen LogP) is 4.07. The van der Waals surface area contributed by atoms with Crippen LogP contribution in [0.1, 0.15) is 42.6 Å². The molecule has 1 saturated heterocycles. The van der Waals surface area contributed by atoms with Crippen molar-refractivity contribution in [2.75, 3.05) is 38.7 Å². The van der Waals surface area contributed by atoms with Gasteiger partial charge >= 0.3 is 5.97 Å². The summed E-state index contributed by atoms with van der Waals surface area (Å²) in [6.07, 6.45) is 5.03. The second-order valence-electron chi connectivity index (χ2n) is 9.03. The molecule has 0 bridgehead atoms. The number of rotatable bonds is 10. The summed E-state index contributed by atoms with van der Waals surface area (Å²) in [5.41, 5.74) is 3.57. The van der Waals surface area contributed by atoms with Crippen LogP contribution in [-0.2, 0) is 11.3 Å². The minimum atomic E-state index is -0.397. The highest BCUT2D eigenvalue weighted by molar-refractivity contribution is 5.93. The second kappa shape index (κ2) is 11.5.